The molecular formula is C26H14N8. The van der Waals surface area contributed by atoms with Gasteiger partial charge in [-0.3, -0.25) is 9.80 Å². The summed E-state index contributed by atoms with van der Waals surface area (Å²) in [5.74, 6) is 1.87. The molecule has 0 radical (unpaired) electrons. The van der Waals surface area contributed by atoms with Crippen molar-refractivity contribution >= 4 is 45.7 Å². The van der Waals surface area contributed by atoms with Crippen molar-refractivity contribution in [3.63, 3.8) is 0 Å². The third-order valence-corrected chi connectivity index (χ3v) is 5.48. The molecule has 0 saturated heterocycles. The summed E-state index contributed by atoms with van der Waals surface area (Å²) in [6.07, 6.45) is 0. The monoisotopic (exact) mass is 438 g/mol. The van der Waals surface area contributed by atoms with Crippen LogP contribution >= 0.6 is 0 Å². The molecule has 0 unspecified atom stereocenters. The summed E-state index contributed by atoms with van der Waals surface area (Å²) >= 11 is 0. The Morgan fingerprint density at radius 3 is 1.21 bits per heavy atom. The van der Waals surface area contributed by atoms with Gasteiger partial charge in [-0.1, -0.05) is 48.5 Å². The number of rotatable bonds is 2. The molecule has 6 rings (SSSR count). The molecule has 8 heteroatoms. The van der Waals surface area contributed by atoms with E-state index in [4.69, 9.17) is 9.97 Å². The maximum absolute atomic E-state index is 9.66. The van der Waals surface area contributed by atoms with Gasteiger partial charge in [0.25, 0.3) is 0 Å². The molecular weight excluding hydrogens is 424 g/mol. The summed E-state index contributed by atoms with van der Waals surface area (Å²) in [5.41, 5.74) is 2.91. The number of nitriles is 2. The van der Waals surface area contributed by atoms with Gasteiger partial charge in [0, 0.05) is 11.4 Å². The van der Waals surface area contributed by atoms with E-state index in [1.807, 2.05) is 107 Å². The maximum Gasteiger partial charge on any atom is 0.184 e. The van der Waals surface area contributed by atoms with Gasteiger partial charge in [-0.15, -0.1) is 0 Å². The zero-order chi connectivity index (χ0) is 23.1. The highest BCUT2D eigenvalue weighted by molar-refractivity contribution is 5.98. The summed E-state index contributed by atoms with van der Waals surface area (Å²) in [5, 5.41) is 19.3. The predicted molar refractivity (Wildman–Crippen MR) is 127 cm³/mol. The quantitative estimate of drug-likeness (QED) is 0.353. The molecule has 0 N–H and O–H groups in total. The molecule has 34 heavy (non-hydrogen) atoms. The van der Waals surface area contributed by atoms with Gasteiger partial charge in [0.15, 0.2) is 34.7 Å². The lowest BCUT2D eigenvalue weighted by Crippen LogP contribution is -2.28. The minimum atomic E-state index is -0.0487. The van der Waals surface area contributed by atoms with Gasteiger partial charge in [0.2, 0.25) is 0 Å². The SMILES string of the molecule is N#Cc1nc2c(nc1C#N)N(c1ccccc1)c1nc3ccccc3nc1N2c1ccccc1. The molecule has 3 heterocycles. The number of hydrogen-bond acceptors (Lipinski definition) is 8. The van der Waals surface area contributed by atoms with Crippen molar-refractivity contribution < 1.29 is 0 Å². The minimum absolute atomic E-state index is 0.0487. The van der Waals surface area contributed by atoms with Crippen molar-refractivity contribution in [3.05, 3.63) is 96.3 Å². The first kappa shape index (κ1) is 19.4. The number of anilines is 6. The largest absolute Gasteiger partial charge is 0.273 e. The lowest BCUT2D eigenvalue weighted by Gasteiger charge is -2.36. The van der Waals surface area contributed by atoms with Gasteiger partial charge in [0.1, 0.15) is 12.1 Å². The standard InChI is InChI=1S/C26H14N8/c27-15-21-22(16-28)32-26-25(31-21)33(17-9-3-1-4-10-17)23-24(34(26)18-11-5-2-6-12-18)30-20-14-8-7-13-19(20)29-23/h1-14H. The van der Waals surface area contributed by atoms with E-state index in [1.165, 1.54) is 0 Å². The molecule has 0 amide bonds. The number of aromatic nitrogens is 4. The van der Waals surface area contributed by atoms with Crippen LogP contribution in [-0.2, 0) is 0 Å². The van der Waals surface area contributed by atoms with Crippen molar-refractivity contribution in [1.82, 2.24) is 19.9 Å². The van der Waals surface area contributed by atoms with Crippen LogP contribution in [0.3, 0.4) is 0 Å². The zero-order valence-electron chi connectivity index (χ0n) is 17.7. The smallest absolute Gasteiger partial charge is 0.184 e. The number of hydrogen-bond donors (Lipinski definition) is 0. The van der Waals surface area contributed by atoms with E-state index in [1.54, 1.807) is 0 Å². The third kappa shape index (κ3) is 2.91. The Morgan fingerprint density at radius 1 is 0.471 bits per heavy atom. The van der Waals surface area contributed by atoms with Gasteiger partial charge in [-0.2, -0.15) is 10.5 Å². The fourth-order valence-electron chi connectivity index (χ4n) is 4.00. The Bertz CT molecular complexity index is 1510. The summed E-state index contributed by atoms with van der Waals surface area (Å²) in [4.78, 5) is 22.7. The van der Waals surface area contributed by atoms with Crippen LogP contribution in [0.1, 0.15) is 11.4 Å². The third-order valence-electron chi connectivity index (χ3n) is 5.48. The molecule has 0 atom stereocenters. The van der Waals surface area contributed by atoms with Crippen LogP contribution < -0.4 is 9.80 Å². The van der Waals surface area contributed by atoms with Crippen LogP contribution in [0, 0.1) is 22.7 Å². The van der Waals surface area contributed by atoms with E-state index in [0.717, 1.165) is 22.4 Å². The molecule has 2 aromatic heterocycles. The van der Waals surface area contributed by atoms with Crippen molar-refractivity contribution in [2.75, 3.05) is 9.80 Å². The zero-order valence-corrected chi connectivity index (χ0v) is 17.7. The molecule has 0 aliphatic carbocycles. The summed E-state index contributed by atoms with van der Waals surface area (Å²) in [6, 6.07) is 30.8. The second-order valence-electron chi connectivity index (χ2n) is 7.49. The first-order chi connectivity index (χ1) is 16.8. The normalized spacial score (nSPS) is 11.9. The van der Waals surface area contributed by atoms with Gasteiger partial charge < -0.3 is 0 Å². The average molecular weight is 438 g/mol. The highest BCUT2D eigenvalue weighted by Gasteiger charge is 2.37. The molecule has 158 valence electrons. The highest BCUT2D eigenvalue weighted by atomic mass is 15.4. The van der Waals surface area contributed by atoms with Crippen molar-refractivity contribution in [2.24, 2.45) is 0 Å². The van der Waals surface area contributed by atoms with Crippen molar-refractivity contribution in [3.8, 4) is 12.1 Å². The first-order valence-electron chi connectivity index (χ1n) is 10.5. The fraction of sp³-hybridized carbons (Fsp3) is 0. The Morgan fingerprint density at radius 2 is 0.824 bits per heavy atom. The fourth-order valence-corrected chi connectivity index (χ4v) is 4.00. The van der Waals surface area contributed by atoms with Gasteiger partial charge in [-0.25, -0.2) is 19.9 Å². The summed E-state index contributed by atoms with van der Waals surface area (Å²) in [6.45, 7) is 0. The topological polar surface area (TPSA) is 106 Å². The van der Waals surface area contributed by atoms with Gasteiger partial charge in [0.05, 0.1) is 11.0 Å². The van der Waals surface area contributed by atoms with Crippen LogP contribution in [-0.4, -0.2) is 19.9 Å². The minimum Gasteiger partial charge on any atom is -0.273 e. The van der Waals surface area contributed by atoms with Crippen molar-refractivity contribution in [2.45, 2.75) is 0 Å². The van der Waals surface area contributed by atoms with E-state index in [0.29, 0.717) is 23.3 Å². The average Bonchev–Trinajstić information content (AvgIpc) is 2.90. The van der Waals surface area contributed by atoms with Crippen molar-refractivity contribution in [1.29, 1.82) is 10.5 Å². The van der Waals surface area contributed by atoms with Crippen LogP contribution in [0.2, 0.25) is 0 Å². The maximum atomic E-state index is 9.66. The molecule has 1 aliphatic heterocycles. The van der Waals surface area contributed by atoms with Gasteiger partial charge in [-0.05, 0) is 36.4 Å². The summed E-state index contributed by atoms with van der Waals surface area (Å²) in [7, 11) is 0. The number of para-hydroxylation sites is 4. The molecule has 5 aromatic rings. The van der Waals surface area contributed by atoms with Crippen LogP contribution in [0.5, 0.6) is 0 Å². The Hall–Kier alpha value is -5.34. The number of fused-ring (bicyclic) bond motifs is 3. The van der Waals surface area contributed by atoms with Gasteiger partial charge >= 0.3 is 0 Å². The van der Waals surface area contributed by atoms with E-state index < -0.39 is 0 Å². The highest BCUT2D eigenvalue weighted by Crippen LogP contribution is 2.51. The predicted octanol–water partition coefficient (Wildman–Crippen LogP) is 5.42. The van der Waals surface area contributed by atoms with Crippen LogP contribution in [0.4, 0.5) is 34.6 Å². The second kappa shape index (κ2) is 7.66. The lowest BCUT2D eigenvalue weighted by molar-refractivity contribution is 0.989. The molecule has 1 aliphatic rings. The molecule has 0 saturated carbocycles. The Balaban J connectivity index is 1.75. The van der Waals surface area contributed by atoms with Crippen LogP contribution in [0.25, 0.3) is 11.0 Å². The van der Waals surface area contributed by atoms with Crippen LogP contribution in [0.15, 0.2) is 84.9 Å². The second-order valence-corrected chi connectivity index (χ2v) is 7.49. The molecule has 3 aromatic carbocycles. The molecule has 8 nitrogen and oxygen atoms in total. The number of nitrogens with zero attached hydrogens (tertiary/aromatic N) is 8. The molecule has 0 bridgehead atoms. The Labute approximate surface area is 194 Å². The molecule has 0 fully saturated rings. The first-order valence-corrected chi connectivity index (χ1v) is 10.5. The summed E-state index contributed by atoms with van der Waals surface area (Å²) < 4.78 is 0. The van der Waals surface area contributed by atoms with E-state index in [2.05, 4.69) is 9.97 Å². The molecule has 0 spiro atoms. The lowest BCUT2D eigenvalue weighted by atomic mass is 10.2. The van der Waals surface area contributed by atoms with E-state index in [-0.39, 0.29) is 11.4 Å². The van der Waals surface area contributed by atoms with E-state index >= 15 is 0 Å². The number of benzene rings is 3. The van der Waals surface area contributed by atoms with E-state index in [9.17, 15) is 10.5 Å². The Kier molecular flexibility index (Phi) is 4.36.